The third kappa shape index (κ3) is 4.09. The normalized spacial score (nSPS) is 14.8. The van der Waals surface area contributed by atoms with Gasteiger partial charge in [-0.3, -0.25) is 19.2 Å². The van der Waals surface area contributed by atoms with Gasteiger partial charge in [-0.15, -0.1) is 0 Å². The van der Waals surface area contributed by atoms with Crippen molar-refractivity contribution in [1.82, 2.24) is 0 Å². The lowest BCUT2D eigenvalue weighted by molar-refractivity contribution is -0.384. The number of nitro benzene ring substituents is 1. The van der Waals surface area contributed by atoms with Gasteiger partial charge in [0.15, 0.2) is 0 Å². The highest BCUT2D eigenvalue weighted by Crippen LogP contribution is 2.32. The highest BCUT2D eigenvalue weighted by molar-refractivity contribution is 7.92. The highest BCUT2D eigenvalue weighted by atomic mass is 32.2. The van der Waals surface area contributed by atoms with Crippen LogP contribution in [0.3, 0.4) is 0 Å². The van der Waals surface area contributed by atoms with Crippen molar-refractivity contribution < 1.29 is 18.1 Å². The molecule has 0 radical (unpaired) electrons. The Bertz CT molecular complexity index is 1070. The minimum Gasteiger partial charge on any atom is -0.310 e. The molecule has 1 atom stereocenters. The van der Waals surface area contributed by atoms with Crippen LogP contribution in [0.5, 0.6) is 0 Å². The molecule has 2 aromatic rings. The summed E-state index contributed by atoms with van der Waals surface area (Å²) in [6.45, 7) is 3.66. The number of fused-ring (bicyclic) bond motifs is 1. The van der Waals surface area contributed by atoms with E-state index in [9.17, 15) is 23.3 Å². The standard InChI is InChI=1S/C20H23N3O5S/c1-14-10-11-17(23(25)26)13-19(14)22(29(3,27)28)15(2)20(24)21-12-6-8-16-7-4-5-9-18(16)21/h4-5,7,9-11,13,15H,6,8,12H2,1-3H3/t15-/m1/s1. The van der Waals surface area contributed by atoms with E-state index in [0.717, 1.165) is 34.7 Å². The van der Waals surface area contributed by atoms with Crippen molar-refractivity contribution in [1.29, 1.82) is 0 Å². The molecule has 29 heavy (non-hydrogen) atoms. The first kappa shape index (κ1) is 20.8. The van der Waals surface area contributed by atoms with E-state index < -0.39 is 21.0 Å². The molecule has 0 fully saturated rings. The second-order valence-corrected chi connectivity index (χ2v) is 9.04. The molecule has 0 N–H and O–H groups in total. The van der Waals surface area contributed by atoms with E-state index >= 15 is 0 Å². The van der Waals surface area contributed by atoms with Crippen LogP contribution in [0.15, 0.2) is 42.5 Å². The van der Waals surface area contributed by atoms with Crippen molar-refractivity contribution in [2.45, 2.75) is 32.7 Å². The van der Waals surface area contributed by atoms with Crippen molar-refractivity contribution in [3.05, 3.63) is 63.7 Å². The Balaban J connectivity index is 2.05. The summed E-state index contributed by atoms with van der Waals surface area (Å²) in [4.78, 5) is 25.5. The van der Waals surface area contributed by atoms with Gasteiger partial charge in [0.1, 0.15) is 6.04 Å². The van der Waals surface area contributed by atoms with Gasteiger partial charge in [-0.2, -0.15) is 0 Å². The smallest absolute Gasteiger partial charge is 0.271 e. The molecule has 2 aromatic carbocycles. The van der Waals surface area contributed by atoms with Gasteiger partial charge >= 0.3 is 0 Å². The molecule has 1 heterocycles. The van der Waals surface area contributed by atoms with Gasteiger partial charge in [0, 0.05) is 24.4 Å². The fraction of sp³-hybridized carbons (Fsp3) is 0.350. The van der Waals surface area contributed by atoms with E-state index in [1.54, 1.807) is 11.8 Å². The SMILES string of the molecule is Cc1ccc([N+](=O)[O-])cc1N([C@H](C)C(=O)N1CCCc2ccccc21)S(C)(=O)=O. The van der Waals surface area contributed by atoms with Gasteiger partial charge in [0.2, 0.25) is 10.0 Å². The fourth-order valence-corrected chi connectivity index (χ4v) is 4.93. The van der Waals surface area contributed by atoms with Gasteiger partial charge < -0.3 is 4.90 Å². The molecule has 0 saturated heterocycles. The predicted molar refractivity (Wildman–Crippen MR) is 112 cm³/mol. The van der Waals surface area contributed by atoms with Crippen molar-refractivity contribution in [3.8, 4) is 0 Å². The third-order valence-electron chi connectivity index (χ3n) is 5.08. The van der Waals surface area contributed by atoms with Crippen LogP contribution in [0, 0.1) is 17.0 Å². The molecular weight excluding hydrogens is 394 g/mol. The Morgan fingerprint density at radius 3 is 2.59 bits per heavy atom. The summed E-state index contributed by atoms with van der Waals surface area (Å²) in [7, 11) is -3.88. The zero-order valence-corrected chi connectivity index (χ0v) is 17.3. The zero-order chi connectivity index (χ0) is 21.3. The molecule has 1 aliphatic heterocycles. The highest BCUT2D eigenvalue weighted by Gasteiger charge is 2.35. The number of rotatable bonds is 5. The van der Waals surface area contributed by atoms with Gasteiger partial charge in [-0.1, -0.05) is 24.3 Å². The Kier molecular flexibility index (Phi) is 5.61. The van der Waals surface area contributed by atoms with E-state index in [1.807, 2.05) is 24.3 Å². The quantitative estimate of drug-likeness (QED) is 0.550. The molecule has 8 nitrogen and oxygen atoms in total. The van der Waals surface area contributed by atoms with Crippen LogP contribution in [-0.4, -0.2) is 38.1 Å². The molecule has 0 saturated carbocycles. The number of amides is 1. The number of sulfonamides is 1. The maximum atomic E-state index is 13.3. The van der Waals surface area contributed by atoms with E-state index in [1.165, 1.54) is 25.1 Å². The number of carbonyl (C=O) groups is 1. The number of anilines is 2. The zero-order valence-electron chi connectivity index (χ0n) is 16.5. The number of carbonyl (C=O) groups excluding carboxylic acids is 1. The Labute approximate surface area is 169 Å². The van der Waals surface area contributed by atoms with Gasteiger partial charge in [0.05, 0.1) is 16.9 Å². The Morgan fingerprint density at radius 1 is 1.24 bits per heavy atom. The van der Waals surface area contributed by atoms with E-state index in [0.29, 0.717) is 12.1 Å². The molecule has 3 rings (SSSR count). The largest absolute Gasteiger partial charge is 0.310 e. The minimum absolute atomic E-state index is 0.132. The van der Waals surface area contributed by atoms with E-state index in [4.69, 9.17) is 0 Å². The lowest BCUT2D eigenvalue weighted by atomic mass is 10.0. The molecule has 0 bridgehead atoms. The summed E-state index contributed by atoms with van der Waals surface area (Å²) < 4.78 is 26.2. The number of nitrogens with zero attached hydrogens (tertiary/aromatic N) is 3. The molecule has 9 heteroatoms. The third-order valence-corrected chi connectivity index (χ3v) is 6.31. The van der Waals surface area contributed by atoms with Crippen molar-refractivity contribution in [2.75, 3.05) is 22.0 Å². The fourth-order valence-electron chi connectivity index (χ4n) is 3.71. The van der Waals surface area contributed by atoms with Gasteiger partial charge in [-0.25, -0.2) is 8.42 Å². The number of non-ortho nitro benzene ring substituents is 1. The molecular formula is C20H23N3O5S. The van der Waals surface area contributed by atoms with Crippen LogP contribution in [0.4, 0.5) is 17.1 Å². The van der Waals surface area contributed by atoms with E-state index in [2.05, 4.69) is 0 Å². The van der Waals surface area contributed by atoms with Crippen LogP contribution in [0.25, 0.3) is 0 Å². The molecule has 1 amide bonds. The summed E-state index contributed by atoms with van der Waals surface area (Å²) >= 11 is 0. The maximum Gasteiger partial charge on any atom is 0.271 e. The molecule has 0 unspecified atom stereocenters. The Morgan fingerprint density at radius 2 is 1.93 bits per heavy atom. The summed E-state index contributed by atoms with van der Waals surface area (Å²) in [6.07, 6.45) is 2.64. The van der Waals surface area contributed by atoms with Gasteiger partial charge in [0.25, 0.3) is 11.6 Å². The predicted octanol–water partition coefficient (Wildman–Crippen LogP) is 3.04. The second-order valence-electron chi connectivity index (χ2n) is 7.18. The molecule has 154 valence electrons. The summed E-state index contributed by atoms with van der Waals surface area (Å²) in [5.41, 5.74) is 2.24. The maximum absolute atomic E-state index is 13.3. The van der Waals surface area contributed by atoms with E-state index in [-0.39, 0.29) is 17.3 Å². The van der Waals surface area contributed by atoms with Gasteiger partial charge in [-0.05, 0) is 43.9 Å². The molecule has 0 aromatic heterocycles. The number of benzene rings is 2. The molecule has 1 aliphatic rings. The lowest BCUT2D eigenvalue weighted by Crippen LogP contribution is -2.51. The minimum atomic E-state index is -3.88. The first-order chi connectivity index (χ1) is 13.6. The monoisotopic (exact) mass is 417 g/mol. The van der Waals surface area contributed by atoms with Crippen LogP contribution < -0.4 is 9.21 Å². The lowest BCUT2D eigenvalue weighted by Gasteiger charge is -2.35. The van der Waals surface area contributed by atoms with Crippen molar-refractivity contribution >= 4 is 33.0 Å². The van der Waals surface area contributed by atoms with Crippen LogP contribution >= 0.6 is 0 Å². The number of hydrogen-bond acceptors (Lipinski definition) is 5. The number of para-hydroxylation sites is 1. The first-order valence-electron chi connectivity index (χ1n) is 9.25. The van der Waals surface area contributed by atoms with Crippen molar-refractivity contribution in [3.63, 3.8) is 0 Å². The second kappa shape index (κ2) is 7.82. The molecule has 0 aliphatic carbocycles. The number of aryl methyl sites for hydroxylation is 2. The summed E-state index contributed by atoms with van der Waals surface area (Å²) in [6, 6.07) is 10.5. The average Bonchev–Trinajstić information content (AvgIpc) is 2.67. The van der Waals surface area contributed by atoms with Crippen LogP contribution in [-0.2, 0) is 21.2 Å². The summed E-state index contributed by atoms with van der Waals surface area (Å²) in [5, 5.41) is 11.2. The topological polar surface area (TPSA) is 101 Å². The molecule has 0 spiro atoms. The summed E-state index contributed by atoms with van der Waals surface area (Å²) in [5.74, 6) is -0.367. The number of nitro groups is 1. The number of hydrogen-bond donors (Lipinski definition) is 0. The Hall–Kier alpha value is -2.94. The average molecular weight is 417 g/mol. The van der Waals surface area contributed by atoms with Crippen LogP contribution in [0.2, 0.25) is 0 Å². The van der Waals surface area contributed by atoms with Crippen molar-refractivity contribution in [2.24, 2.45) is 0 Å². The van der Waals surface area contributed by atoms with Crippen LogP contribution in [0.1, 0.15) is 24.5 Å². The first-order valence-corrected chi connectivity index (χ1v) is 11.1.